The second-order valence-corrected chi connectivity index (χ2v) is 7.20. The Morgan fingerprint density at radius 3 is 2.56 bits per heavy atom. The average Bonchev–Trinajstić information content (AvgIpc) is 3.06. The minimum atomic E-state index is -0.951. The first kappa shape index (κ1) is 19.2. The van der Waals surface area contributed by atoms with Gasteiger partial charge in [0.15, 0.2) is 5.17 Å². The van der Waals surface area contributed by atoms with Crippen LogP contribution in [0.15, 0.2) is 50.9 Å². The Balaban J connectivity index is 2.06. The summed E-state index contributed by atoms with van der Waals surface area (Å²) in [5.74, 6) is -2.30. The van der Waals surface area contributed by atoms with Gasteiger partial charge in [0.1, 0.15) is 16.8 Å². The molecule has 0 aromatic heterocycles. The molecule has 0 radical (unpaired) electrons. The molecule has 1 unspecified atom stereocenters. The Kier molecular flexibility index (Phi) is 5.66. The highest BCUT2D eigenvalue weighted by Gasteiger charge is 2.45. The fraction of sp³-hybridized carbons (Fsp3) is 0.235. The zero-order valence-corrected chi connectivity index (χ0v) is 16.2. The number of carbonyl (C=O) groups is 3. The van der Waals surface area contributed by atoms with E-state index in [1.807, 2.05) is 6.07 Å². The summed E-state index contributed by atoms with van der Waals surface area (Å²) in [6, 6.07) is 8.86. The van der Waals surface area contributed by atoms with Gasteiger partial charge in [-0.2, -0.15) is 0 Å². The number of carbonyl (C=O) groups excluding carboxylic acids is 3. The molecule has 3 rings (SSSR count). The van der Waals surface area contributed by atoms with E-state index in [1.165, 1.54) is 23.8 Å². The first-order valence-electron chi connectivity index (χ1n) is 7.81. The summed E-state index contributed by atoms with van der Waals surface area (Å²) in [4.78, 5) is 46.9. The molecule has 140 valence electrons. The number of anilines is 1. The van der Waals surface area contributed by atoms with Gasteiger partial charge in [-0.25, -0.2) is 9.98 Å². The molecule has 27 heavy (non-hydrogen) atoms. The molecule has 0 fully saturated rings. The van der Waals surface area contributed by atoms with Crippen molar-refractivity contribution in [3.05, 3.63) is 40.9 Å². The van der Waals surface area contributed by atoms with Crippen molar-refractivity contribution >= 4 is 58.0 Å². The Labute approximate surface area is 163 Å². The number of fused-ring (bicyclic) bond motifs is 1. The van der Waals surface area contributed by atoms with Crippen LogP contribution in [0.2, 0.25) is 0 Å². The van der Waals surface area contributed by atoms with Crippen molar-refractivity contribution in [3.63, 3.8) is 0 Å². The lowest BCUT2D eigenvalue weighted by Gasteiger charge is -2.30. The number of rotatable bonds is 5. The first-order chi connectivity index (χ1) is 13.0. The normalized spacial score (nSPS) is 18.8. The molecule has 1 atom stereocenters. The molecular weight excluding hydrogens is 388 g/mol. The average molecular weight is 404 g/mol. The third-order valence-electron chi connectivity index (χ3n) is 3.88. The third-order valence-corrected chi connectivity index (χ3v) is 5.49. The van der Waals surface area contributed by atoms with Crippen LogP contribution >= 0.6 is 23.5 Å². The summed E-state index contributed by atoms with van der Waals surface area (Å²) in [6.45, 7) is 0. The molecular formula is C17H16N4O4S2. The fourth-order valence-corrected chi connectivity index (χ4v) is 4.14. The van der Waals surface area contributed by atoms with Crippen LogP contribution in [0.3, 0.4) is 0 Å². The van der Waals surface area contributed by atoms with Gasteiger partial charge in [0, 0.05) is 0 Å². The Hall–Kier alpha value is -2.59. The number of amides is 2. The first-order valence-corrected chi connectivity index (χ1v) is 10.0. The Bertz CT molecular complexity index is 895. The van der Waals surface area contributed by atoms with E-state index in [-0.39, 0.29) is 28.2 Å². The number of hydrogen-bond donors (Lipinski definition) is 1. The van der Waals surface area contributed by atoms with Crippen molar-refractivity contribution in [2.75, 3.05) is 24.0 Å². The van der Waals surface area contributed by atoms with E-state index in [2.05, 4.69) is 14.7 Å². The second-order valence-electron chi connectivity index (χ2n) is 5.46. The van der Waals surface area contributed by atoms with E-state index < -0.39 is 17.8 Å². The zero-order chi connectivity index (χ0) is 19.6. The number of thioether (sulfide) groups is 2. The molecule has 0 bridgehead atoms. The molecule has 0 spiro atoms. The summed E-state index contributed by atoms with van der Waals surface area (Å²) in [7, 11) is 1.29. The molecule has 1 aromatic rings. The van der Waals surface area contributed by atoms with Crippen molar-refractivity contribution in [2.24, 2.45) is 21.6 Å². The van der Waals surface area contributed by atoms with Crippen molar-refractivity contribution < 1.29 is 19.1 Å². The van der Waals surface area contributed by atoms with Gasteiger partial charge in [-0.1, -0.05) is 30.0 Å². The molecule has 2 amide bonds. The van der Waals surface area contributed by atoms with Crippen LogP contribution in [0, 0.1) is 5.92 Å². The maximum absolute atomic E-state index is 13.3. The molecule has 0 aliphatic carbocycles. The summed E-state index contributed by atoms with van der Waals surface area (Å²) in [5, 5.41) is 0.671. The number of aliphatic imine (C=N–C) groups is 2. The number of amidine groups is 2. The van der Waals surface area contributed by atoms with Gasteiger partial charge in [-0.05, 0) is 18.4 Å². The van der Waals surface area contributed by atoms with Gasteiger partial charge >= 0.3 is 5.97 Å². The summed E-state index contributed by atoms with van der Waals surface area (Å²) >= 11 is 2.29. The smallest absolute Gasteiger partial charge is 0.316 e. The van der Waals surface area contributed by atoms with Crippen LogP contribution in [0.25, 0.3) is 0 Å². The molecule has 8 nitrogen and oxygen atoms in total. The van der Waals surface area contributed by atoms with Gasteiger partial charge in [0.25, 0.3) is 0 Å². The maximum atomic E-state index is 13.3. The maximum Gasteiger partial charge on any atom is 0.316 e. The number of primary amides is 1. The molecule has 10 heteroatoms. The van der Waals surface area contributed by atoms with E-state index in [4.69, 9.17) is 5.73 Å². The van der Waals surface area contributed by atoms with Crippen LogP contribution in [-0.4, -0.2) is 47.9 Å². The zero-order valence-electron chi connectivity index (χ0n) is 14.5. The van der Waals surface area contributed by atoms with Crippen LogP contribution in [0.5, 0.6) is 0 Å². The SMILES string of the molecule is COC(=O)CSC1=NC2=NC(SC)=C(C(N)=O)C2C(=O)N1c1ccccc1. The summed E-state index contributed by atoms with van der Waals surface area (Å²) in [5.41, 5.74) is 6.21. The topological polar surface area (TPSA) is 114 Å². The lowest BCUT2D eigenvalue weighted by atomic mass is 9.97. The van der Waals surface area contributed by atoms with E-state index >= 15 is 0 Å². The number of methoxy groups -OCH3 is 1. The molecule has 0 saturated carbocycles. The number of para-hydroxylation sites is 1. The van der Waals surface area contributed by atoms with Crippen LogP contribution in [-0.2, 0) is 19.1 Å². The number of ether oxygens (including phenoxy) is 1. The predicted octanol–water partition coefficient (Wildman–Crippen LogP) is 1.38. The number of hydrogen-bond acceptors (Lipinski definition) is 8. The highest BCUT2D eigenvalue weighted by molar-refractivity contribution is 8.14. The molecule has 2 N–H and O–H groups in total. The van der Waals surface area contributed by atoms with E-state index in [1.54, 1.807) is 30.5 Å². The van der Waals surface area contributed by atoms with E-state index in [0.717, 1.165) is 11.8 Å². The third kappa shape index (κ3) is 3.62. The standard InChI is InChI=1S/C17H16N4O4S2/c1-25-10(22)8-27-17-20-14-12(11(13(18)23)15(19-14)26-2)16(24)21(17)9-6-4-3-5-7-9/h3-7,12H,8H2,1-2H3,(H2,18,23). The van der Waals surface area contributed by atoms with Gasteiger partial charge in [0.2, 0.25) is 11.8 Å². The molecule has 1 aromatic carbocycles. The molecule has 0 saturated heterocycles. The number of nitrogens with two attached hydrogens (primary N) is 1. The monoisotopic (exact) mass is 404 g/mol. The lowest BCUT2D eigenvalue weighted by molar-refractivity contribution is -0.137. The predicted molar refractivity (Wildman–Crippen MR) is 106 cm³/mol. The highest BCUT2D eigenvalue weighted by Crippen LogP contribution is 2.38. The quantitative estimate of drug-likeness (QED) is 0.742. The number of esters is 1. The Morgan fingerprint density at radius 2 is 1.96 bits per heavy atom. The fourth-order valence-electron chi connectivity index (χ4n) is 2.67. The van der Waals surface area contributed by atoms with Gasteiger partial charge in [0.05, 0.1) is 24.1 Å². The van der Waals surface area contributed by atoms with Crippen LogP contribution in [0.4, 0.5) is 5.69 Å². The second kappa shape index (κ2) is 7.97. The summed E-state index contributed by atoms with van der Waals surface area (Å²) < 4.78 is 4.66. The highest BCUT2D eigenvalue weighted by atomic mass is 32.2. The number of nitrogens with zero attached hydrogens (tertiary/aromatic N) is 3. The minimum absolute atomic E-state index is 0.0185. The Morgan fingerprint density at radius 1 is 1.26 bits per heavy atom. The minimum Gasteiger partial charge on any atom is -0.468 e. The van der Waals surface area contributed by atoms with Crippen molar-refractivity contribution in [2.45, 2.75) is 0 Å². The van der Waals surface area contributed by atoms with Crippen LogP contribution < -0.4 is 10.6 Å². The van der Waals surface area contributed by atoms with E-state index in [9.17, 15) is 14.4 Å². The largest absolute Gasteiger partial charge is 0.468 e. The molecule has 2 aliphatic heterocycles. The van der Waals surface area contributed by atoms with Crippen molar-refractivity contribution in [1.82, 2.24) is 0 Å². The van der Waals surface area contributed by atoms with Gasteiger partial charge in [-0.3, -0.25) is 19.3 Å². The molecule has 2 heterocycles. The lowest BCUT2D eigenvalue weighted by Crippen LogP contribution is -2.48. The van der Waals surface area contributed by atoms with Gasteiger partial charge < -0.3 is 10.5 Å². The molecule has 2 aliphatic rings. The van der Waals surface area contributed by atoms with E-state index in [0.29, 0.717) is 10.7 Å². The number of benzene rings is 1. The van der Waals surface area contributed by atoms with Crippen LogP contribution in [0.1, 0.15) is 0 Å². The van der Waals surface area contributed by atoms with Gasteiger partial charge in [-0.15, -0.1) is 11.8 Å². The van der Waals surface area contributed by atoms with Crippen molar-refractivity contribution in [1.29, 1.82) is 0 Å². The summed E-state index contributed by atoms with van der Waals surface area (Å²) in [6.07, 6.45) is 1.75. The van der Waals surface area contributed by atoms with Crippen molar-refractivity contribution in [3.8, 4) is 0 Å².